The first-order valence-corrected chi connectivity index (χ1v) is 11.4. The first-order chi connectivity index (χ1) is 14.4. The number of benzene rings is 1. The Balaban J connectivity index is 1.29. The third kappa shape index (κ3) is 4.26. The third-order valence-electron chi connectivity index (χ3n) is 4.53. The molecule has 1 aromatic carbocycles. The van der Waals surface area contributed by atoms with Gasteiger partial charge >= 0.3 is 11.8 Å². The van der Waals surface area contributed by atoms with Gasteiger partial charge in [0.2, 0.25) is 6.79 Å². The molecule has 2 aromatic rings. The molecule has 1 fully saturated rings. The zero-order chi connectivity index (χ0) is 21.1. The molecule has 4 rings (SSSR count). The Kier molecular flexibility index (Phi) is 5.90. The number of nitrogens with one attached hydrogen (secondary N) is 2. The fourth-order valence-electron chi connectivity index (χ4n) is 3.04. The van der Waals surface area contributed by atoms with Crippen molar-refractivity contribution in [3.05, 3.63) is 41.3 Å². The summed E-state index contributed by atoms with van der Waals surface area (Å²) in [7, 11) is -3.71. The van der Waals surface area contributed by atoms with Crippen molar-refractivity contribution in [2.75, 3.05) is 26.5 Å². The molecule has 0 spiro atoms. The molecule has 3 heterocycles. The molecule has 2 N–H and O–H groups in total. The van der Waals surface area contributed by atoms with Crippen molar-refractivity contribution in [3.63, 3.8) is 0 Å². The van der Waals surface area contributed by atoms with E-state index in [1.165, 1.54) is 10.4 Å². The van der Waals surface area contributed by atoms with Gasteiger partial charge in [0.15, 0.2) is 11.5 Å². The second-order valence-corrected chi connectivity index (χ2v) is 9.52. The molecule has 0 unspecified atom stereocenters. The van der Waals surface area contributed by atoms with Crippen LogP contribution in [0.15, 0.2) is 39.9 Å². The normalized spacial score (nSPS) is 18.3. The fraction of sp³-hybridized carbons (Fsp3) is 0.333. The highest BCUT2D eigenvalue weighted by molar-refractivity contribution is 7.91. The molecular weight excluding hydrogens is 434 g/mol. The standard InChI is InChI=1S/C18H19N3O7S2/c22-17(19-9-12-3-4-13-14(8-12)28-11-27-13)18(23)20-10-15-21(5-6-26-15)30(24,25)16-2-1-7-29-16/h1-4,7-8,15H,5-6,9-11H2,(H,19,22)(H,20,23)/t15-/m1/s1. The van der Waals surface area contributed by atoms with Gasteiger partial charge in [-0.15, -0.1) is 11.3 Å². The van der Waals surface area contributed by atoms with Crippen molar-refractivity contribution in [1.82, 2.24) is 14.9 Å². The molecule has 0 saturated carbocycles. The highest BCUT2D eigenvalue weighted by Crippen LogP contribution is 2.32. The van der Waals surface area contributed by atoms with Gasteiger partial charge in [0.25, 0.3) is 10.0 Å². The van der Waals surface area contributed by atoms with Gasteiger partial charge in [-0.05, 0) is 29.1 Å². The number of carbonyl (C=O) groups is 2. The number of ether oxygens (including phenoxy) is 3. The third-order valence-corrected chi connectivity index (χ3v) is 7.80. The molecule has 12 heteroatoms. The molecule has 0 aliphatic carbocycles. The Morgan fingerprint density at radius 2 is 1.93 bits per heavy atom. The summed E-state index contributed by atoms with van der Waals surface area (Å²) in [4.78, 5) is 24.2. The lowest BCUT2D eigenvalue weighted by atomic mass is 10.2. The van der Waals surface area contributed by atoms with E-state index in [4.69, 9.17) is 14.2 Å². The Labute approximate surface area is 176 Å². The molecule has 0 bridgehead atoms. The van der Waals surface area contributed by atoms with E-state index < -0.39 is 28.1 Å². The van der Waals surface area contributed by atoms with Crippen molar-refractivity contribution in [1.29, 1.82) is 0 Å². The van der Waals surface area contributed by atoms with E-state index in [1.807, 2.05) is 0 Å². The Morgan fingerprint density at radius 3 is 2.73 bits per heavy atom. The van der Waals surface area contributed by atoms with Gasteiger partial charge in [0, 0.05) is 13.1 Å². The fourth-order valence-corrected chi connectivity index (χ4v) is 5.67. The quantitative estimate of drug-likeness (QED) is 0.601. The number of fused-ring (bicyclic) bond motifs is 1. The lowest BCUT2D eigenvalue weighted by Crippen LogP contribution is -2.47. The smallest absolute Gasteiger partial charge is 0.309 e. The maximum absolute atomic E-state index is 12.7. The van der Waals surface area contributed by atoms with Gasteiger partial charge < -0.3 is 24.8 Å². The Bertz CT molecular complexity index is 1040. The van der Waals surface area contributed by atoms with E-state index in [2.05, 4.69) is 10.6 Å². The van der Waals surface area contributed by atoms with Crippen molar-refractivity contribution < 1.29 is 32.2 Å². The Hall–Kier alpha value is -2.67. The monoisotopic (exact) mass is 453 g/mol. The summed E-state index contributed by atoms with van der Waals surface area (Å²) in [5, 5.41) is 6.61. The number of rotatable bonds is 6. The lowest BCUT2D eigenvalue weighted by Gasteiger charge is -2.22. The second-order valence-electron chi connectivity index (χ2n) is 6.45. The second kappa shape index (κ2) is 8.60. The highest BCUT2D eigenvalue weighted by atomic mass is 32.2. The zero-order valence-corrected chi connectivity index (χ0v) is 17.3. The average Bonchev–Trinajstić information content (AvgIpc) is 3.50. The van der Waals surface area contributed by atoms with Crippen LogP contribution in [-0.4, -0.2) is 57.3 Å². The summed E-state index contributed by atoms with van der Waals surface area (Å²) >= 11 is 1.11. The predicted octanol–water partition coefficient (Wildman–Crippen LogP) is 0.256. The summed E-state index contributed by atoms with van der Waals surface area (Å²) in [6, 6.07) is 8.36. The van der Waals surface area contributed by atoms with Crippen LogP contribution in [0.4, 0.5) is 0 Å². The van der Waals surface area contributed by atoms with Crippen molar-refractivity contribution in [2.24, 2.45) is 0 Å². The largest absolute Gasteiger partial charge is 0.454 e. The lowest BCUT2D eigenvalue weighted by molar-refractivity contribution is -0.139. The molecule has 10 nitrogen and oxygen atoms in total. The molecule has 30 heavy (non-hydrogen) atoms. The molecule has 0 radical (unpaired) electrons. The van der Waals surface area contributed by atoms with Gasteiger partial charge in [-0.25, -0.2) is 8.42 Å². The van der Waals surface area contributed by atoms with Crippen LogP contribution in [0.3, 0.4) is 0 Å². The van der Waals surface area contributed by atoms with E-state index in [-0.39, 0.29) is 37.2 Å². The molecule has 2 aliphatic rings. The first kappa shape index (κ1) is 20.6. The number of carbonyl (C=O) groups excluding carboxylic acids is 2. The molecule has 2 aliphatic heterocycles. The van der Waals surface area contributed by atoms with E-state index in [1.54, 1.807) is 29.6 Å². The summed E-state index contributed by atoms with van der Waals surface area (Å²) in [5.74, 6) is -0.504. The van der Waals surface area contributed by atoms with Gasteiger partial charge in [0.05, 0.1) is 13.2 Å². The van der Waals surface area contributed by atoms with Crippen molar-refractivity contribution >= 4 is 33.2 Å². The van der Waals surface area contributed by atoms with E-state index in [9.17, 15) is 18.0 Å². The van der Waals surface area contributed by atoms with E-state index in [0.29, 0.717) is 11.5 Å². The molecule has 1 saturated heterocycles. The molecule has 1 atom stereocenters. The van der Waals surface area contributed by atoms with Gasteiger partial charge in [-0.2, -0.15) is 4.31 Å². The zero-order valence-electron chi connectivity index (χ0n) is 15.7. The number of hydrogen-bond acceptors (Lipinski definition) is 8. The van der Waals surface area contributed by atoms with Crippen LogP contribution in [0.1, 0.15) is 5.56 Å². The summed E-state index contributed by atoms with van der Waals surface area (Å²) in [5.41, 5.74) is 0.743. The summed E-state index contributed by atoms with van der Waals surface area (Å²) in [6.45, 7) is 0.525. The van der Waals surface area contributed by atoms with Crippen LogP contribution in [0.5, 0.6) is 11.5 Å². The van der Waals surface area contributed by atoms with Crippen molar-refractivity contribution in [2.45, 2.75) is 17.0 Å². The van der Waals surface area contributed by atoms with Crippen LogP contribution in [0.2, 0.25) is 0 Å². The van der Waals surface area contributed by atoms with Crippen molar-refractivity contribution in [3.8, 4) is 11.5 Å². The molecule has 160 valence electrons. The number of amides is 2. The highest BCUT2D eigenvalue weighted by Gasteiger charge is 2.37. The number of hydrogen-bond donors (Lipinski definition) is 2. The minimum Gasteiger partial charge on any atom is -0.454 e. The number of nitrogens with zero attached hydrogens (tertiary/aromatic N) is 1. The SMILES string of the molecule is O=C(NCc1ccc2c(c1)OCO2)C(=O)NC[C@H]1OCCN1S(=O)(=O)c1cccs1. The van der Waals surface area contributed by atoms with Crippen LogP contribution in [0, 0.1) is 0 Å². The minimum absolute atomic E-state index is 0.127. The van der Waals surface area contributed by atoms with Gasteiger partial charge in [-0.1, -0.05) is 12.1 Å². The maximum atomic E-state index is 12.7. The van der Waals surface area contributed by atoms with Crippen LogP contribution < -0.4 is 20.1 Å². The number of thiophene rings is 1. The van der Waals surface area contributed by atoms with Gasteiger partial charge in [0.1, 0.15) is 10.4 Å². The predicted molar refractivity (Wildman–Crippen MR) is 105 cm³/mol. The average molecular weight is 453 g/mol. The molecule has 2 amide bonds. The van der Waals surface area contributed by atoms with Gasteiger partial charge in [-0.3, -0.25) is 9.59 Å². The van der Waals surface area contributed by atoms with E-state index >= 15 is 0 Å². The topological polar surface area (TPSA) is 123 Å². The number of sulfonamides is 1. The summed E-state index contributed by atoms with van der Waals surface area (Å²) < 4.78 is 42.6. The van der Waals surface area contributed by atoms with E-state index in [0.717, 1.165) is 16.9 Å². The maximum Gasteiger partial charge on any atom is 0.309 e. The van der Waals surface area contributed by atoms with Crippen LogP contribution in [-0.2, 0) is 30.9 Å². The minimum atomic E-state index is -3.71. The molecular formula is C18H19N3O7S2. The van der Waals surface area contributed by atoms with Crippen LogP contribution >= 0.6 is 11.3 Å². The summed E-state index contributed by atoms with van der Waals surface area (Å²) in [6.07, 6.45) is -0.872. The van der Waals surface area contributed by atoms with Crippen LogP contribution in [0.25, 0.3) is 0 Å². The molecule has 1 aromatic heterocycles. The Morgan fingerprint density at radius 1 is 1.13 bits per heavy atom. The first-order valence-electron chi connectivity index (χ1n) is 9.06.